The Morgan fingerprint density at radius 3 is 2.81 bits per heavy atom. The van der Waals surface area contributed by atoms with E-state index in [2.05, 4.69) is 5.32 Å². The number of anilines is 1. The van der Waals surface area contributed by atoms with Gasteiger partial charge in [0.2, 0.25) is 0 Å². The molecule has 0 bridgehead atoms. The first kappa shape index (κ1) is 12.3. The second kappa shape index (κ2) is 5.32. The third-order valence-electron chi connectivity index (χ3n) is 2.21. The highest BCUT2D eigenvalue weighted by atomic mass is 16.4. The lowest BCUT2D eigenvalue weighted by Crippen LogP contribution is -2.06. The second-order valence-electron chi connectivity index (χ2n) is 3.58. The van der Waals surface area contributed by atoms with E-state index in [-0.39, 0.29) is 5.56 Å². The molecule has 0 spiro atoms. The fraction of sp³-hybridized carbons (Fsp3) is 0.250. The van der Waals surface area contributed by atoms with Crippen LogP contribution in [0.5, 0.6) is 0 Å². The van der Waals surface area contributed by atoms with Crippen molar-refractivity contribution in [1.29, 1.82) is 0 Å². The van der Waals surface area contributed by atoms with Crippen molar-refractivity contribution in [3.8, 4) is 0 Å². The van der Waals surface area contributed by atoms with Crippen LogP contribution in [0.1, 0.15) is 21.5 Å². The van der Waals surface area contributed by atoms with Crippen LogP contribution < -0.4 is 11.1 Å². The molecule has 0 amide bonds. The molecule has 0 saturated heterocycles. The number of benzene rings is 1. The molecular weight excluding hydrogens is 204 g/mol. The number of carboxylic acids is 1. The van der Waals surface area contributed by atoms with E-state index in [0.717, 1.165) is 17.7 Å². The van der Waals surface area contributed by atoms with E-state index in [0.29, 0.717) is 5.69 Å². The molecule has 86 valence electrons. The van der Waals surface area contributed by atoms with Crippen molar-refractivity contribution in [2.75, 3.05) is 19.3 Å². The minimum absolute atomic E-state index is 0.157. The van der Waals surface area contributed by atoms with Gasteiger partial charge < -0.3 is 16.2 Å². The third-order valence-corrected chi connectivity index (χ3v) is 2.21. The second-order valence-corrected chi connectivity index (χ2v) is 3.58. The number of nitrogens with one attached hydrogen (secondary N) is 1. The van der Waals surface area contributed by atoms with Crippen molar-refractivity contribution in [2.24, 2.45) is 0 Å². The summed E-state index contributed by atoms with van der Waals surface area (Å²) in [4.78, 5) is 10.9. The smallest absolute Gasteiger partial charge is 0.337 e. The Balaban J connectivity index is 3.14. The summed E-state index contributed by atoms with van der Waals surface area (Å²) in [5, 5.41) is 11.9. The first-order chi connectivity index (χ1) is 7.56. The van der Waals surface area contributed by atoms with E-state index in [4.69, 9.17) is 10.8 Å². The Kier molecular flexibility index (Phi) is 4.08. The van der Waals surface area contributed by atoms with Gasteiger partial charge in [-0.3, -0.25) is 0 Å². The van der Waals surface area contributed by atoms with Gasteiger partial charge >= 0.3 is 5.97 Å². The van der Waals surface area contributed by atoms with Crippen LogP contribution in [0.4, 0.5) is 5.69 Å². The predicted molar refractivity (Wildman–Crippen MR) is 65.5 cm³/mol. The van der Waals surface area contributed by atoms with Crippen LogP contribution in [0.25, 0.3) is 6.08 Å². The molecule has 0 atom stereocenters. The molecule has 0 aliphatic rings. The Morgan fingerprint density at radius 1 is 1.56 bits per heavy atom. The number of carboxylic acid groups (broad SMARTS) is 1. The van der Waals surface area contributed by atoms with Gasteiger partial charge in [0.1, 0.15) is 0 Å². The molecule has 0 aromatic heterocycles. The monoisotopic (exact) mass is 220 g/mol. The van der Waals surface area contributed by atoms with Crippen LogP contribution in [0.2, 0.25) is 0 Å². The Bertz CT molecular complexity index is 425. The minimum Gasteiger partial charge on any atom is -0.478 e. The first-order valence-corrected chi connectivity index (χ1v) is 5.00. The van der Waals surface area contributed by atoms with Gasteiger partial charge in [0, 0.05) is 6.54 Å². The fourth-order valence-electron chi connectivity index (χ4n) is 1.44. The highest BCUT2D eigenvalue weighted by Crippen LogP contribution is 2.21. The van der Waals surface area contributed by atoms with Crippen molar-refractivity contribution in [2.45, 2.75) is 6.92 Å². The lowest BCUT2D eigenvalue weighted by Gasteiger charge is -2.06. The lowest BCUT2D eigenvalue weighted by atomic mass is 10.0. The van der Waals surface area contributed by atoms with Gasteiger partial charge in [-0.05, 0) is 37.2 Å². The van der Waals surface area contributed by atoms with Crippen molar-refractivity contribution in [3.63, 3.8) is 0 Å². The maximum Gasteiger partial charge on any atom is 0.337 e. The van der Waals surface area contributed by atoms with E-state index in [1.54, 1.807) is 6.07 Å². The molecule has 0 aliphatic heterocycles. The molecular formula is C12H16N2O2. The standard InChI is InChI=1S/C12H16N2O2/c1-8-6-9(4-3-5-14-2)11(13)10(7-8)12(15)16/h3-4,6-7,14H,5,13H2,1-2H3,(H,15,16). The molecule has 0 radical (unpaired) electrons. The zero-order chi connectivity index (χ0) is 12.1. The van der Waals surface area contributed by atoms with Gasteiger partial charge in [0.15, 0.2) is 0 Å². The SMILES string of the molecule is CNCC=Cc1cc(C)cc(C(=O)O)c1N. The summed E-state index contributed by atoms with van der Waals surface area (Å²) in [5.74, 6) is -0.996. The van der Waals surface area contributed by atoms with Gasteiger partial charge in [-0.2, -0.15) is 0 Å². The molecule has 4 heteroatoms. The number of carbonyl (C=O) groups is 1. The average molecular weight is 220 g/mol. The average Bonchev–Trinajstić information content (AvgIpc) is 2.22. The van der Waals surface area contributed by atoms with Crippen molar-refractivity contribution < 1.29 is 9.90 Å². The highest BCUT2D eigenvalue weighted by Gasteiger charge is 2.10. The Labute approximate surface area is 94.8 Å². The Morgan fingerprint density at radius 2 is 2.25 bits per heavy atom. The van der Waals surface area contributed by atoms with E-state index < -0.39 is 5.97 Å². The number of likely N-dealkylation sites (N-methyl/N-ethyl adjacent to an activating group) is 1. The quantitative estimate of drug-likeness (QED) is 0.672. The molecule has 0 heterocycles. The van der Waals surface area contributed by atoms with E-state index in [1.165, 1.54) is 0 Å². The third kappa shape index (κ3) is 2.84. The van der Waals surface area contributed by atoms with Gasteiger partial charge in [-0.25, -0.2) is 4.79 Å². The van der Waals surface area contributed by atoms with Crippen molar-refractivity contribution in [1.82, 2.24) is 5.32 Å². The topological polar surface area (TPSA) is 75.3 Å². The first-order valence-electron chi connectivity index (χ1n) is 5.00. The molecule has 1 aromatic rings. The Hall–Kier alpha value is -1.81. The lowest BCUT2D eigenvalue weighted by molar-refractivity contribution is 0.0698. The number of hydrogen-bond donors (Lipinski definition) is 3. The van der Waals surface area contributed by atoms with Crippen molar-refractivity contribution in [3.05, 3.63) is 34.9 Å². The number of aryl methyl sites for hydroxylation is 1. The van der Waals surface area contributed by atoms with Crippen LogP contribution >= 0.6 is 0 Å². The summed E-state index contributed by atoms with van der Waals surface area (Å²) in [6.07, 6.45) is 3.72. The normalized spacial score (nSPS) is 10.9. The zero-order valence-electron chi connectivity index (χ0n) is 9.45. The summed E-state index contributed by atoms with van der Waals surface area (Å²) in [6, 6.07) is 3.45. The maximum absolute atomic E-state index is 10.9. The molecule has 0 fully saturated rings. The molecule has 1 rings (SSSR count). The molecule has 16 heavy (non-hydrogen) atoms. The molecule has 0 unspecified atom stereocenters. The summed E-state index contributed by atoms with van der Waals surface area (Å²) in [5.41, 5.74) is 7.88. The number of rotatable bonds is 4. The number of nitrogen functional groups attached to an aromatic ring is 1. The largest absolute Gasteiger partial charge is 0.478 e. The fourth-order valence-corrected chi connectivity index (χ4v) is 1.44. The number of aromatic carboxylic acids is 1. The number of nitrogens with two attached hydrogens (primary N) is 1. The molecule has 0 aliphatic carbocycles. The van der Waals surface area contributed by atoms with Gasteiger partial charge in [0.25, 0.3) is 0 Å². The van der Waals surface area contributed by atoms with E-state index in [9.17, 15) is 4.79 Å². The van der Waals surface area contributed by atoms with E-state index in [1.807, 2.05) is 32.2 Å². The summed E-state index contributed by atoms with van der Waals surface area (Å²) >= 11 is 0. The molecule has 0 saturated carbocycles. The zero-order valence-corrected chi connectivity index (χ0v) is 9.45. The van der Waals surface area contributed by atoms with Crippen LogP contribution in [-0.4, -0.2) is 24.7 Å². The van der Waals surface area contributed by atoms with Gasteiger partial charge in [-0.1, -0.05) is 12.2 Å². The van der Waals surface area contributed by atoms with Crippen LogP contribution in [0.15, 0.2) is 18.2 Å². The van der Waals surface area contributed by atoms with Crippen LogP contribution in [0, 0.1) is 6.92 Å². The molecule has 1 aromatic carbocycles. The molecule has 4 nitrogen and oxygen atoms in total. The molecule has 4 N–H and O–H groups in total. The highest BCUT2D eigenvalue weighted by molar-refractivity contribution is 5.96. The predicted octanol–water partition coefficient (Wildman–Crippen LogP) is 1.51. The van der Waals surface area contributed by atoms with Gasteiger partial charge in [0.05, 0.1) is 11.3 Å². The van der Waals surface area contributed by atoms with Crippen LogP contribution in [-0.2, 0) is 0 Å². The van der Waals surface area contributed by atoms with E-state index >= 15 is 0 Å². The number of hydrogen-bond acceptors (Lipinski definition) is 3. The van der Waals surface area contributed by atoms with Crippen LogP contribution in [0.3, 0.4) is 0 Å². The maximum atomic E-state index is 10.9. The summed E-state index contributed by atoms with van der Waals surface area (Å²) in [7, 11) is 1.84. The van der Waals surface area contributed by atoms with Crippen molar-refractivity contribution >= 4 is 17.7 Å². The summed E-state index contributed by atoms with van der Waals surface area (Å²) in [6.45, 7) is 2.57. The minimum atomic E-state index is -0.996. The summed E-state index contributed by atoms with van der Waals surface area (Å²) < 4.78 is 0. The van der Waals surface area contributed by atoms with Gasteiger partial charge in [-0.15, -0.1) is 0 Å².